The number of halogens is 3. The van der Waals surface area contributed by atoms with Crippen molar-refractivity contribution in [2.75, 3.05) is 38.0 Å². The number of nitrogens with one attached hydrogen (secondary N) is 2. The highest BCUT2D eigenvalue weighted by molar-refractivity contribution is 6.42. The topological polar surface area (TPSA) is 45.7 Å². The summed E-state index contributed by atoms with van der Waals surface area (Å²) in [6, 6.07) is 13.0. The van der Waals surface area contributed by atoms with Crippen molar-refractivity contribution < 1.29 is 21.7 Å². The number of rotatable bonds is 7. The van der Waals surface area contributed by atoms with Crippen molar-refractivity contribution in [3.63, 3.8) is 0 Å². The minimum absolute atomic E-state index is 0. The number of aryl methyl sites for hydroxylation is 1. The van der Waals surface area contributed by atoms with E-state index in [-0.39, 0.29) is 12.4 Å². The molecule has 2 heterocycles. The molecule has 1 unspecified atom stereocenters. The van der Waals surface area contributed by atoms with Crippen LogP contribution in [0.4, 0.5) is 6.01 Å². The van der Waals surface area contributed by atoms with Gasteiger partial charge in [-0.05, 0) is 48.2 Å². The molecule has 1 aromatic heterocycles. The van der Waals surface area contributed by atoms with Crippen LogP contribution in [0, 0.1) is 12.8 Å². The molecule has 1 saturated heterocycles. The van der Waals surface area contributed by atoms with Gasteiger partial charge in [0.2, 0.25) is 0 Å². The second-order valence-electron chi connectivity index (χ2n) is 8.96. The standard InChI is InChI=1S/C24H30Cl2N4O.ClH/c1-16(2)22(28-24-27-21-12-17(3)4-7-23(21)31-24)15-30-10-8-29(9-11-30)14-18-5-6-19(25)20(26)13-18;/h4-7,12-13,16,22H,8-11,14-15H2,1-3H3,(H,27,28);1H. The van der Waals surface area contributed by atoms with E-state index in [4.69, 9.17) is 27.6 Å². The molecule has 1 aliphatic heterocycles. The Bertz CT molecular complexity index is 1030. The summed E-state index contributed by atoms with van der Waals surface area (Å²) in [7, 11) is 0. The van der Waals surface area contributed by atoms with E-state index in [0.29, 0.717) is 28.0 Å². The fraction of sp³-hybridized carbons (Fsp3) is 0.458. The quantitative estimate of drug-likeness (QED) is 0.516. The number of benzene rings is 2. The van der Waals surface area contributed by atoms with Crippen LogP contribution in [0.5, 0.6) is 0 Å². The molecule has 0 aliphatic carbocycles. The van der Waals surface area contributed by atoms with Crippen LogP contribution in [-0.2, 0) is 6.54 Å². The number of piperazine rings is 1. The molecule has 0 spiro atoms. The van der Waals surface area contributed by atoms with Crippen LogP contribution in [0.25, 0.3) is 11.1 Å². The summed E-state index contributed by atoms with van der Waals surface area (Å²) >= 11 is 12.2. The molecular formula is C24H31Cl3N4O. The second-order valence-corrected chi connectivity index (χ2v) is 9.78. The lowest BCUT2D eigenvalue weighted by atomic mass is 10.0. The Morgan fingerprint density at radius 1 is 1.09 bits per heavy atom. The molecule has 2 N–H and O–H groups in total. The van der Waals surface area contributed by atoms with E-state index in [1.807, 2.05) is 18.2 Å². The fourth-order valence-corrected chi connectivity index (χ4v) is 4.47. The highest BCUT2D eigenvalue weighted by atomic mass is 35.5. The first kappa shape index (κ1) is 25.1. The van der Waals surface area contributed by atoms with Crippen LogP contribution in [0.1, 0.15) is 25.0 Å². The average Bonchev–Trinajstić information content (AvgIpc) is 3.13. The molecular weight excluding hydrogens is 467 g/mol. The van der Waals surface area contributed by atoms with Gasteiger partial charge in [0.15, 0.2) is 5.58 Å². The van der Waals surface area contributed by atoms with Gasteiger partial charge in [0, 0.05) is 19.6 Å². The van der Waals surface area contributed by atoms with E-state index < -0.39 is 0 Å². The SMILES string of the molecule is Cc1ccc2oc(NC(C[NH+]3CCN(Cc4ccc(Cl)c(Cl)c4)CC3)C(C)C)nc2c1.[Cl-]. The van der Waals surface area contributed by atoms with E-state index >= 15 is 0 Å². The van der Waals surface area contributed by atoms with Crippen molar-refractivity contribution in [3.05, 3.63) is 57.6 Å². The number of oxazole rings is 1. The molecule has 8 heteroatoms. The lowest BCUT2D eigenvalue weighted by molar-refractivity contribution is -0.905. The summed E-state index contributed by atoms with van der Waals surface area (Å²) in [4.78, 5) is 8.75. The summed E-state index contributed by atoms with van der Waals surface area (Å²) in [5, 5.41) is 4.80. The van der Waals surface area contributed by atoms with Gasteiger partial charge in [0.05, 0.1) is 35.7 Å². The highest BCUT2D eigenvalue weighted by Crippen LogP contribution is 2.23. The van der Waals surface area contributed by atoms with E-state index in [1.54, 1.807) is 4.90 Å². The van der Waals surface area contributed by atoms with Crippen LogP contribution < -0.4 is 22.6 Å². The maximum Gasteiger partial charge on any atom is 0.296 e. The summed E-state index contributed by atoms with van der Waals surface area (Å²) in [6.07, 6.45) is 0. The van der Waals surface area contributed by atoms with Gasteiger partial charge in [-0.1, -0.05) is 49.2 Å². The van der Waals surface area contributed by atoms with Crippen molar-refractivity contribution in [1.82, 2.24) is 9.88 Å². The minimum Gasteiger partial charge on any atom is -1.00 e. The van der Waals surface area contributed by atoms with Gasteiger partial charge >= 0.3 is 0 Å². The van der Waals surface area contributed by atoms with E-state index in [0.717, 1.165) is 50.4 Å². The van der Waals surface area contributed by atoms with E-state index in [1.165, 1.54) is 11.1 Å². The number of hydrogen-bond acceptors (Lipinski definition) is 4. The third kappa shape index (κ3) is 6.30. The van der Waals surface area contributed by atoms with Crippen molar-refractivity contribution in [3.8, 4) is 0 Å². The van der Waals surface area contributed by atoms with Gasteiger partial charge in [-0.3, -0.25) is 4.90 Å². The molecule has 4 rings (SSSR count). The lowest BCUT2D eigenvalue weighted by Crippen LogP contribution is -3.16. The molecule has 0 amide bonds. The molecule has 1 atom stereocenters. The van der Waals surface area contributed by atoms with E-state index in [9.17, 15) is 0 Å². The van der Waals surface area contributed by atoms with Crippen molar-refractivity contribution >= 4 is 40.3 Å². The third-order valence-electron chi connectivity index (χ3n) is 6.12. The predicted molar refractivity (Wildman–Crippen MR) is 128 cm³/mol. The highest BCUT2D eigenvalue weighted by Gasteiger charge is 2.26. The Kier molecular flexibility index (Phi) is 8.70. The molecule has 5 nitrogen and oxygen atoms in total. The van der Waals surface area contributed by atoms with Gasteiger partial charge < -0.3 is 27.0 Å². The van der Waals surface area contributed by atoms with Crippen LogP contribution >= 0.6 is 23.2 Å². The molecule has 2 aromatic carbocycles. The number of quaternary nitrogens is 1. The van der Waals surface area contributed by atoms with Gasteiger partial charge in [-0.15, -0.1) is 0 Å². The fourth-order valence-electron chi connectivity index (χ4n) is 4.15. The first-order valence-corrected chi connectivity index (χ1v) is 11.8. The molecule has 0 radical (unpaired) electrons. The molecule has 1 aliphatic rings. The molecule has 32 heavy (non-hydrogen) atoms. The van der Waals surface area contributed by atoms with Gasteiger partial charge in [0.1, 0.15) is 5.52 Å². The monoisotopic (exact) mass is 496 g/mol. The van der Waals surface area contributed by atoms with Crippen molar-refractivity contribution in [1.29, 1.82) is 0 Å². The Hall–Kier alpha value is -1.50. The van der Waals surface area contributed by atoms with Crippen LogP contribution in [-0.4, -0.2) is 48.6 Å². The van der Waals surface area contributed by atoms with Crippen LogP contribution in [0.15, 0.2) is 40.8 Å². The number of anilines is 1. The Labute approximate surface area is 206 Å². The number of hydrogen-bond donors (Lipinski definition) is 2. The smallest absolute Gasteiger partial charge is 0.296 e. The summed E-state index contributed by atoms with van der Waals surface area (Å²) in [5.74, 6) is 0.485. The summed E-state index contributed by atoms with van der Waals surface area (Å²) in [6.45, 7) is 12.9. The van der Waals surface area contributed by atoms with Crippen LogP contribution in [0.2, 0.25) is 10.0 Å². The second kappa shape index (κ2) is 11.1. The maximum atomic E-state index is 6.17. The molecule has 174 valence electrons. The van der Waals surface area contributed by atoms with E-state index in [2.05, 4.69) is 54.2 Å². The molecule has 1 fully saturated rings. The van der Waals surface area contributed by atoms with Crippen LogP contribution in [0.3, 0.4) is 0 Å². The number of fused-ring (bicyclic) bond motifs is 1. The first-order chi connectivity index (χ1) is 14.9. The van der Waals surface area contributed by atoms with Crippen molar-refractivity contribution in [2.24, 2.45) is 5.92 Å². The van der Waals surface area contributed by atoms with Gasteiger partial charge in [-0.2, -0.15) is 4.98 Å². The lowest BCUT2D eigenvalue weighted by Gasteiger charge is -2.34. The number of nitrogens with zero attached hydrogens (tertiary/aromatic N) is 2. The minimum atomic E-state index is 0. The average molecular weight is 498 g/mol. The zero-order chi connectivity index (χ0) is 22.0. The maximum absolute atomic E-state index is 6.17. The third-order valence-corrected chi connectivity index (χ3v) is 6.86. The van der Waals surface area contributed by atoms with Crippen molar-refractivity contribution in [2.45, 2.75) is 33.4 Å². The zero-order valence-electron chi connectivity index (χ0n) is 18.8. The number of aromatic nitrogens is 1. The molecule has 0 saturated carbocycles. The molecule has 0 bridgehead atoms. The summed E-state index contributed by atoms with van der Waals surface area (Å²) < 4.78 is 5.93. The van der Waals surface area contributed by atoms with Gasteiger partial charge in [0.25, 0.3) is 6.01 Å². The Morgan fingerprint density at radius 2 is 1.84 bits per heavy atom. The first-order valence-electron chi connectivity index (χ1n) is 11.0. The molecule has 3 aromatic rings. The summed E-state index contributed by atoms with van der Waals surface area (Å²) in [5.41, 5.74) is 4.15. The zero-order valence-corrected chi connectivity index (χ0v) is 21.1. The van der Waals surface area contributed by atoms with Gasteiger partial charge in [-0.25, -0.2) is 0 Å². The Balaban J connectivity index is 0.00000289. The normalized spacial score (nSPS) is 16.3. The largest absolute Gasteiger partial charge is 1.00 e. The predicted octanol–water partition coefficient (Wildman–Crippen LogP) is 1.28. The Morgan fingerprint density at radius 3 is 2.53 bits per heavy atom.